The molecule has 0 unspecified atom stereocenters. The number of thiophene rings is 1. The van der Waals surface area contributed by atoms with Crippen molar-refractivity contribution in [2.45, 2.75) is 44.2 Å². The number of rotatable bonds is 4. The molecule has 0 atom stereocenters. The highest BCUT2D eigenvalue weighted by molar-refractivity contribution is 7.99. The quantitative estimate of drug-likeness (QED) is 0.646. The molecule has 0 fully saturated rings. The van der Waals surface area contributed by atoms with Crippen molar-refractivity contribution >= 4 is 33.4 Å². The molecule has 1 aromatic carbocycles. The van der Waals surface area contributed by atoms with Crippen molar-refractivity contribution in [3.63, 3.8) is 0 Å². The first-order chi connectivity index (χ1) is 11.8. The number of hydrogen-bond acceptors (Lipinski definition) is 4. The summed E-state index contributed by atoms with van der Waals surface area (Å²) in [6.07, 6.45) is 4.67. The zero-order valence-electron chi connectivity index (χ0n) is 13.7. The SMILES string of the molecule is CCSc1nc2sc3c(c2n(Cc2ccccc2)c1=O)CCCC3. The molecule has 0 saturated carbocycles. The number of aryl methyl sites for hydroxylation is 2. The minimum Gasteiger partial charge on any atom is -0.299 e. The van der Waals surface area contributed by atoms with Crippen molar-refractivity contribution in [1.82, 2.24) is 9.55 Å². The maximum atomic E-state index is 13.0. The van der Waals surface area contributed by atoms with Crippen molar-refractivity contribution in [2.24, 2.45) is 0 Å². The van der Waals surface area contributed by atoms with Gasteiger partial charge < -0.3 is 0 Å². The summed E-state index contributed by atoms with van der Waals surface area (Å²) < 4.78 is 1.97. The van der Waals surface area contributed by atoms with Crippen LogP contribution in [0.2, 0.25) is 0 Å². The van der Waals surface area contributed by atoms with Gasteiger partial charge in [0.15, 0.2) is 5.03 Å². The predicted octanol–water partition coefficient (Wildman–Crippen LogP) is 4.50. The van der Waals surface area contributed by atoms with Crippen LogP contribution in [0.3, 0.4) is 0 Å². The van der Waals surface area contributed by atoms with Crippen LogP contribution in [-0.4, -0.2) is 15.3 Å². The van der Waals surface area contributed by atoms with Gasteiger partial charge in [-0.3, -0.25) is 9.36 Å². The maximum Gasteiger partial charge on any atom is 0.283 e. The fourth-order valence-electron chi connectivity index (χ4n) is 3.39. The van der Waals surface area contributed by atoms with Gasteiger partial charge in [0, 0.05) is 4.88 Å². The Morgan fingerprint density at radius 2 is 2.00 bits per heavy atom. The molecular formula is C19H20N2OS2. The van der Waals surface area contributed by atoms with Gasteiger partial charge in [-0.15, -0.1) is 23.1 Å². The van der Waals surface area contributed by atoms with Gasteiger partial charge in [0.1, 0.15) is 4.83 Å². The largest absolute Gasteiger partial charge is 0.299 e. The topological polar surface area (TPSA) is 34.9 Å². The number of benzene rings is 1. The third-order valence-electron chi connectivity index (χ3n) is 4.49. The van der Waals surface area contributed by atoms with Crippen molar-refractivity contribution in [3.05, 3.63) is 56.7 Å². The molecule has 1 aliphatic carbocycles. The lowest BCUT2D eigenvalue weighted by Gasteiger charge is -2.14. The number of thioether (sulfide) groups is 1. The molecule has 3 nitrogen and oxygen atoms in total. The molecule has 2 heterocycles. The monoisotopic (exact) mass is 356 g/mol. The minimum atomic E-state index is 0.0596. The molecule has 3 aromatic rings. The van der Waals surface area contributed by atoms with E-state index in [1.807, 2.05) is 22.8 Å². The van der Waals surface area contributed by atoms with E-state index in [4.69, 9.17) is 4.98 Å². The van der Waals surface area contributed by atoms with E-state index in [1.165, 1.54) is 23.3 Å². The van der Waals surface area contributed by atoms with Crippen LogP contribution in [0.5, 0.6) is 0 Å². The van der Waals surface area contributed by atoms with Crippen molar-refractivity contribution in [1.29, 1.82) is 0 Å². The molecule has 0 aliphatic heterocycles. The molecule has 4 rings (SSSR count). The standard InChI is InChI=1S/C19H20N2OS2/c1-2-23-18-19(22)21(12-13-8-4-3-5-9-13)16-14-10-6-7-11-15(14)24-17(16)20-18/h3-5,8-9H,2,6-7,10-12H2,1H3. The Morgan fingerprint density at radius 3 is 2.79 bits per heavy atom. The summed E-state index contributed by atoms with van der Waals surface area (Å²) in [4.78, 5) is 20.2. The van der Waals surface area contributed by atoms with Crippen LogP contribution >= 0.6 is 23.1 Å². The Bertz CT molecular complexity index is 928. The summed E-state index contributed by atoms with van der Waals surface area (Å²) in [7, 11) is 0. The lowest BCUT2D eigenvalue weighted by Crippen LogP contribution is -2.24. The van der Waals surface area contributed by atoms with E-state index in [9.17, 15) is 4.79 Å². The van der Waals surface area contributed by atoms with Crippen molar-refractivity contribution in [3.8, 4) is 0 Å². The van der Waals surface area contributed by atoms with Gasteiger partial charge in [-0.05, 0) is 42.6 Å². The second kappa shape index (κ2) is 6.73. The van der Waals surface area contributed by atoms with E-state index < -0.39 is 0 Å². The molecule has 5 heteroatoms. The Hall–Kier alpha value is -1.59. The van der Waals surface area contributed by atoms with Gasteiger partial charge >= 0.3 is 0 Å². The van der Waals surface area contributed by atoms with E-state index >= 15 is 0 Å². The van der Waals surface area contributed by atoms with Crippen LogP contribution in [0.15, 0.2) is 40.2 Å². The van der Waals surface area contributed by atoms with Gasteiger partial charge in [-0.1, -0.05) is 37.3 Å². The van der Waals surface area contributed by atoms with Gasteiger partial charge in [0.2, 0.25) is 0 Å². The highest BCUT2D eigenvalue weighted by Gasteiger charge is 2.22. The molecule has 0 spiro atoms. The molecule has 0 radical (unpaired) electrons. The third-order valence-corrected chi connectivity index (χ3v) is 6.49. The number of aromatic nitrogens is 2. The molecule has 2 aromatic heterocycles. The summed E-state index contributed by atoms with van der Waals surface area (Å²) in [6.45, 7) is 2.69. The molecule has 0 bridgehead atoms. The normalized spacial score (nSPS) is 14.0. The highest BCUT2D eigenvalue weighted by Crippen LogP contribution is 2.35. The number of nitrogens with zero attached hydrogens (tertiary/aromatic N) is 2. The van der Waals surface area contributed by atoms with E-state index in [0.29, 0.717) is 11.6 Å². The zero-order valence-corrected chi connectivity index (χ0v) is 15.4. The van der Waals surface area contributed by atoms with Crippen LogP contribution < -0.4 is 5.56 Å². The van der Waals surface area contributed by atoms with Crippen LogP contribution in [0, 0.1) is 0 Å². The van der Waals surface area contributed by atoms with Crippen LogP contribution in [0.25, 0.3) is 10.3 Å². The molecule has 0 amide bonds. The van der Waals surface area contributed by atoms with Crippen LogP contribution in [0.1, 0.15) is 35.8 Å². The molecule has 1 aliphatic rings. The Morgan fingerprint density at radius 1 is 1.21 bits per heavy atom. The summed E-state index contributed by atoms with van der Waals surface area (Å²) in [5, 5.41) is 0.638. The first-order valence-electron chi connectivity index (χ1n) is 8.49. The second-order valence-corrected chi connectivity index (χ2v) is 8.43. The smallest absolute Gasteiger partial charge is 0.283 e. The summed E-state index contributed by atoms with van der Waals surface area (Å²) in [5.41, 5.74) is 3.68. The lowest BCUT2D eigenvalue weighted by atomic mass is 9.98. The summed E-state index contributed by atoms with van der Waals surface area (Å²) in [6, 6.07) is 10.3. The summed E-state index contributed by atoms with van der Waals surface area (Å²) >= 11 is 3.34. The average Bonchev–Trinajstić information content (AvgIpc) is 2.98. The van der Waals surface area contributed by atoms with E-state index in [2.05, 4.69) is 19.1 Å². The first-order valence-corrected chi connectivity index (χ1v) is 10.3. The highest BCUT2D eigenvalue weighted by atomic mass is 32.2. The lowest BCUT2D eigenvalue weighted by molar-refractivity contribution is 0.689. The second-order valence-electron chi connectivity index (χ2n) is 6.09. The Kier molecular flexibility index (Phi) is 4.46. The molecule has 0 N–H and O–H groups in total. The fraction of sp³-hybridized carbons (Fsp3) is 0.368. The number of hydrogen-bond donors (Lipinski definition) is 0. The molecule has 0 saturated heterocycles. The average molecular weight is 357 g/mol. The van der Waals surface area contributed by atoms with Crippen molar-refractivity contribution < 1.29 is 0 Å². The van der Waals surface area contributed by atoms with Gasteiger partial charge in [-0.25, -0.2) is 4.98 Å². The molecular weight excluding hydrogens is 336 g/mol. The van der Waals surface area contributed by atoms with E-state index in [0.717, 1.165) is 34.5 Å². The third kappa shape index (κ3) is 2.80. The van der Waals surface area contributed by atoms with Crippen LogP contribution in [0.4, 0.5) is 0 Å². The van der Waals surface area contributed by atoms with Gasteiger partial charge in [0.05, 0.1) is 12.1 Å². The van der Waals surface area contributed by atoms with Gasteiger partial charge in [0.25, 0.3) is 5.56 Å². The zero-order chi connectivity index (χ0) is 16.5. The fourth-order valence-corrected chi connectivity index (χ4v) is 5.38. The molecule has 124 valence electrons. The number of fused-ring (bicyclic) bond motifs is 3. The Balaban J connectivity index is 1.95. The van der Waals surface area contributed by atoms with Gasteiger partial charge in [-0.2, -0.15) is 0 Å². The molecule has 24 heavy (non-hydrogen) atoms. The van der Waals surface area contributed by atoms with Crippen molar-refractivity contribution in [2.75, 3.05) is 5.75 Å². The van der Waals surface area contributed by atoms with E-state index in [-0.39, 0.29) is 5.56 Å². The van der Waals surface area contributed by atoms with Crippen LogP contribution in [-0.2, 0) is 19.4 Å². The predicted molar refractivity (Wildman–Crippen MR) is 102 cm³/mol. The minimum absolute atomic E-state index is 0.0596. The first kappa shape index (κ1) is 15.9. The summed E-state index contributed by atoms with van der Waals surface area (Å²) in [5.74, 6) is 0.865. The Labute approximate surface area is 149 Å². The van der Waals surface area contributed by atoms with E-state index in [1.54, 1.807) is 23.1 Å². The maximum absolute atomic E-state index is 13.0.